The van der Waals surface area contributed by atoms with Crippen LogP contribution in [0.15, 0.2) is 18.2 Å². The molecule has 72 valence electrons. The summed E-state index contributed by atoms with van der Waals surface area (Å²) < 4.78 is 12.7. The van der Waals surface area contributed by atoms with E-state index in [0.29, 0.717) is 0 Å². The second kappa shape index (κ2) is 4.58. The van der Waals surface area contributed by atoms with Gasteiger partial charge in [0.1, 0.15) is 0 Å². The normalized spacial score (nSPS) is 8.77. The number of hydrogen-bond acceptors (Lipinski definition) is 4. The van der Waals surface area contributed by atoms with Gasteiger partial charge in [-0.2, -0.15) is 5.90 Å². The summed E-state index contributed by atoms with van der Waals surface area (Å²) in [5.74, 6) is 3.59. The lowest BCUT2D eigenvalue weighted by atomic mass is 10.3. The third-order valence-corrected chi connectivity index (χ3v) is 1.25. The number of benzene rings is 1. The van der Waals surface area contributed by atoms with Crippen LogP contribution in [0.1, 0.15) is 0 Å². The SMILES string of the molecule is Cl.NOc1ccc([N+](=O)[O-])cc1F. The number of nitrogens with zero attached hydrogens (tertiary/aromatic N) is 1. The van der Waals surface area contributed by atoms with Crippen molar-refractivity contribution in [1.29, 1.82) is 0 Å². The van der Waals surface area contributed by atoms with Crippen LogP contribution in [0.3, 0.4) is 0 Å². The molecular formula is C6H6ClFN2O3. The molecule has 0 radical (unpaired) electrons. The molecule has 5 nitrogen and oxygen atoms in total. The monoisotopic (exact) mass is 208 g/mol. The maximum absolute atomic E-state index is 12.7. The number of halogens is 2. The zero-order chi connectivity index (χ0) is 9.14. The fraction of sp³-hybridized carbons (Fsp3) is 0. The minimum atomic E-state index is -0.855. The highest BCUT2D eigenvalue weighted by atomic mass is 35.5. The zero-order valence-electron chi connectivity index (χ0n) is 6.27. The molecule has 0 aliphatic carbocycles. The average molecular weight is 209 g/mol. The largest absolute Gasteiger partial charge is 0.408 e. The van der Waals surface area contributed by atoms with Crippen molar-refractivity contribution in [2.45, 2.75) is 0 Å². The second-order valence-electron chi connectivity index (χ2n) is 1.99. The summed E-state index contributed by atoms with van der Waals surface area (Å²) in [6.45, 7) is 0. The summed E-state index contributed by atoms with van der Waals surface area (Å²) in [5.41, 5.74) is -0.340. The van der Waals surface area contributed by atoms with Crippen LogP contribution in [0, 0.1) is 15.9 Å². The second-order valence-corrected chi connectivity index (χ2v) is 1.99. The molecule has 0 fully saturated rings. The van der Waals surface area contributed by atoms with E-state index >= 15 is 0 Å². The van der Waals surface area contributed by atoms with Crippen LogP contribution in [-0.2, 0) is 0 Å². The van der Waals surface area contributed by atoms with Gasteiger partial charge in [-0.3, -0.25) is 10.1 Å². The number of rotatable bonds is 2. The molecule has 0 aliphatic rings. The van der Waals surface area contributed by atoms with Gasteiger partial charge in [-0.05, 0) is 6.07 Å². The van der Waals surface area contributed by atoms with Gasteiger partial charge in [0.2, 0.25) is 0 Å². The Bertz CT molecular complexity index is 321. The number of hydrogen-bond donors (Lipinski definition) is 1. The van der Waals surface area contributed by atoms with Crippen LogP contribution in [0.4, 0.5) is 10.1 Å². The first-order valence-electron chi connectivity index (χ1n) is 2.96. The molecule has 13 heavy (non-hydrogen) atoms. The Morgan fingerprint density at radius 1 is 1.54 bits per heavy atom. The smallest absolute Gasteiger partial charge is 0.272 e. The third-order valence-electron chi connectivity index (χ3n) is 1.25. The maximum Gasteiger partial charge on any atom is 0.272 e. The predicted molar refractivity (Wildman–Crippen MR) is 45.1 cm³/mol. The van der Waals surface area contributed by atoms with Gasteiger partial charge >= 0.3 is 0 Å². The molecule has 1 aromatic rings. The zero-order valence-corrected chi connectivity index (χ0v) is 7.08. The van der Waals surface area contributed by atoms with Crippen LogP contribution < -0.4 is 10.7 Å². The van der Waals surface area contributed by atoms with Crippen molar-refractivity contribution in [3.8, 4) is 5.75 Å². The van der Waals surface area contributed by atoms with Crippen molar-refractivity contribution >= 4 is 18.1 Å². The van der Waals surface area contributed by atoms with Crippen LogP contribution in [0.25, 0.3) is 0 Å². The first-order chi connectivity index (χ1) is 5.65. The molecular weight excluding hydrogens is 203 g/mol. The summed E-state index contributed by atoms with van der Waals surface area (Å²) in [5, 5.41) is 10.1. The molecule has 1 rings (SSSR count). The average Bonchev–Trinajstić information content (AvgIpc) is 2.04. The quantitative estimate of drug-likeness (QED) is 0.589. The predicted octanol–water partition coefficient (Wildman–Crippen LogP) is 1.41. The van der Waals surface area contributed by atoms with Gasteiger partial charge in [-0.25, -0.2) is 4.39 Å². The number of nitro groups is 1. The van der Waals surface area contributed by atoms with E-state index in [1.54, 1.807) is 0 Å². The highest BCUT2D eigenvalue weighted by Crippen LogP contribution is 2.21. The van der Waals surface area contributed by atoms with Crippen molar-refractivity contribution in [3.05, 3.63) is 34.1 Å². The number of non-ortho nitro benzene ring substituents is 1. The van der Waals surface area contributed by atoms with E-state index in [2.05, 4.69) is 10.7 Å². The third kappa shape index (κ3) is 2.53. The lowest BCUT2D eigenvalue weighted by molar-refractivity contribution is -0.385. The van der Waals surface area contributed by atoms with Gasteiger partial charge in [0.05, 0.1) is 11.0 Å². The number of nitro benzene ring substituents is 1. The van der Waals surface area contributed by atoms with Crippen molar-refractivity contribution in [2.75, 3.05) is 0 Å². The van der Waals surface area contributed by atoms with E-state index in [1.807, 2.05) is 0 Å². The number of nitrogens with two attached hydrogens (primary N) is 1. The van der Waals surface area contributed by atoms with Gasteiger partial charge in [0, 0.05) is 6.07 Å². The molecule has 0 saturated heterocycles. The highest BCUT2D eigenvalue weighted by Gasteiger charge is 2.10. The molecule has 0 atom stereocenters. The molecule has 0 amide bonds. The molecule has 1 aromatic carbocycles. The van der Waals surface area contributed by atoms with Crippen molar-refractivity contribution in [2.24, 2.45) is 5.90 Å². The Kier molecular flexibility index (Phi) is 4.09. The Morgan fingerprint density at radius 2 is 2.15 bits per heavy atom. The van der Waals surface area contributed by atoms with Crippen LogP contribution in [0.5, 0.6) is 5.75 Å². The first-order valence-corrected chi connectivity index (χ1v) is 2.96. The minimum absolute atomic E-state index is 0. The van der Waals surface area contributed by atoms with E-state index in [9.17, 15) is 14.5 Å². The van der Waals surface area contributed by atoms with Crippen LogP contribution in [0.2, 0.25) is 0 Å². The van der Waals surface area contributed by atoms with E-state index in [-0.39, 0.29) is 23.8 Å². The summed E-state index contributed by atoms with van der Waals surface area (Å²) in [4.78, 5) is 13.5. The van der Waals surface area contributed by atoms with E-state index < -0.39 is 10.7 Å². The van der Waals surface area contributed by atoms with Crippen LogP contribution >= 0.6 is 12.4 Å². The maximum atomic E-state index is 12.7. The molecule has 7 heteroatoms. The fourth-order valence-corrected chi connectivity index (χ4v) is 0.699. The van der Waals surface area contributed by atoms with Gasteiger partial charge in [-0.1, -0.05) is 0 Å². The first kappa shape index (κ1) is 11.6. The summed E-state index contributed by atoms with van der Waals surface area (Å²) in [6, 6.07) is 2.93. The molecule has 0 bridgehead atoms. The van der Waals surface area contributed by atoms with E-state index in [0.717, 1.165) is 18.2 Å². The van der Waals surface area contributed by atoms with Gasteiger partial charge in [-0.15, -0.1) is 12.4 Å². The van der Waals surface area contributed by atoms with Gasteiger partial charge in [0.25, 0.3) is 5.69 Å². The molecule has 0 saturated carbocycles. The van der Waals surface area contributed by atoms with E-state index in [1.165, 1.54) is 0 Å². The topological polar surface area (TPSA) is 78.4 Å². The highest BCUT2D eigenvalue weighted by molar-refractivity contribution is 5.85. The summed E-state index contributed by atoms with van der Waals surface area (Å²) in [7, 11) is 0. The molecule has 0 aliphatic heterocycles. The van der Waals surface area contributed by atoms with Crippen LogP contribution in [-0.4, -0.2) is 4.92 Å². The Labute approximate surface area is 78.8 Å². The van der Waals surface area contributed by atoms with Gasteiger partial charge < -0.3 is 4.84 Å². The minimum Gasteiger partial charge on any atom is -0.408 e. The molecule has 0 heterocycles. The summed E-state index contributed by atoms with van der Waals surface area (Å²) in [6.07, 6.45) is 0. The Hall–Kier alpha value is -1.40. The lowest BCUT2D eigenvalue weighted by Crippen LogP contribution is -2.03. The van der Waals surface area contributed by atoms with Gasteiger partial charge in [0.15, 0.2) is 11.6 Å². The Balaban J connectivity index is 0.00000144. The molecule has 0 aromatic heterocycles. The van der Waals surface area contributed by atoms with E-state index in [4.69, 9.17) is 0 Å². The van der Waals surface area contributed by atoms with Crippen molar-refractivity contribution in [3.63, 3.8) is 0 Å². The fourth-order valence-electron chi connectivity index (χ4n) is 0.699. The van der Waals surface area contributed by atoms with Crippen molar-refractivity contribution in [1.82, 2.24) is 0 Å². The summed E-state index contributed by atoms with van der Waals surface area (Å²) >= 11 is 0. The molecule has 0 unspecified atom stereocenters. The molecule has 0 spiro atoms. The lowest BCUT2D eigenvalue weighted by Gasteiger charge is -1.98. The standard InChI is InChI=1S/C6H5FN2O3.ClH/c7-5-3-4(9(10)11)1-2-6(5)12-8;/h1-3H,8H2;1H. The Morgan fingerprint density at radius 3 is 2.54 bits per heavy atom. The molecule has 2 N–H and O–H groups in total. The van der Waals surface area contributed by atoms with Crippen molar-refractivity contribution < 1.29 is 14.2 Å².